The van der Waals surface area contributed by atoms with Gasteiger partial charge in [0.1, 0.15) is 0 Å². The summed E-state index contributed by atoms with van der Waals surface area (Å²) in [4.78, 5) is 3.82. The highest BCUT2D eigenvalue weighted by Crippen LogP contribution is 2.18. The van der Waals surface area contributed by atoms with Gasteiger partial charge < -0.3 is 15.4 Å². The van der Waals surface area contributed by atoms with E-state index in [9.17, 15) is 13.2 Å². The molecule has 0 spiro atoms. The molecule has 0 aromatic carbocycles. The molecule has 0 aliphatic carbocycles. The Bertz CT molecular complexity index is 374. The summed E-state index contributed by atoms with van der Waals surface area (Å²) >= 11 is 0. The molecule has 7 heteroatoms. The molecular formula is C11H14F3N3O. The van der Waals surface area contributed by atoms with E-state index in [1.165, 1.54) is 12.3 Å². The SMILES string of the molecule is FC(F)(F)COc1ccc(NC2CCNC2)cn1. The third-order valence-electron chi connectivity index (χ3n) is 2.55. The van der Waals surface area contributed by atoms with Gasteiger partial charge in [-0.2, -0.15) is 13.2 Å². The first-order valence-corrected chi connectivity index (χ1v) is 5.66. The van der Waals surface area contributed by atoms with Crippen LogP contribution >= 0.6 is 0 Å². The number of halogens is 3. The molecule has 2 heterocycles. The molecule has 1 unspecified atom stereocenters. The molecule has 0 amide bonds. The van der Waals surface area contributed by atoms with Crippen LogP contribution in [0.2, 0.25) is 0 Å². The van der Waals surface area contributed by atoms with Crippen LogP contribution in [0.15, 0.2) is 18.3 Å². The van der Waals surface area contributed by atoms with E-state index in [4.69, 9.17) is 0 Å². The molecule has 1 aromatic heterocycles. The summed E-state index contributed by atoms with van der Waals surface area (Å²) in [5.41, 5.74) is 0.781. The molecule has 100 valence electrons. The molecule has 1 saturated heterocycles. The topological polar surface area (TPSA) is 46.2 Å². The lowest BCUT2D eigenvalue weighted by atomic mass is 10.2. The lowest BCUT2D eigenvalue weighted by molar-refractivity contribution is -0.154. The number of ether oxygens (including phenoxy) is 1. The summed E-state index contributed by atoms with van der Waals surface area (Å²) in [6.45, 7) is 0.531. The minimum atomic E-state index is -4.34. The molecule has 1 aliphatic rings. The van der Waals surface area contributed by atoms with Gasteiger partial charge in [-0.05, 0) is 19.0 Å². The minimum Gasteiger partial charge on any atom is -0.468 e. The van der Waals surface area contributed by atoms with Gasteiger partial charge in [0.05, 0.1) is 11.9 Å². The molecule has 0 radical (unpaired) electrons. The summed E-state index contributed by atoms with van der Waals surface area (Å²) in [5, 5.41) is 6.45. The number of pyridine rings is 1. The Morgan fingerprint density at radius 3 is 2.83 bits per heavy atom. The van der Waals surface area contributed by atoms with E-state index in [0.29, 0.717) is 6.04 Å². The first-order chi connectivity index (χ1) is 8.53. The van der Waals surface area contributed by atoms with Gasteiger partial charge in [0.25, 0.3) is 0 Å². The average Bonchev–Trinajstić information content (AvgIpc) is 2.80. The van der Waals surface area contributed by atoms with Crippen LogP contribution in [0.25, 0.3) is 0 Å². The molecule has 1 fully saturated rings. The predicted octanol–water partition coefficient (Wildman–Crippen LogP) is 1.80. The average molecular weight is 261 g/mol. The second-order valence-corrected chi connectivity index (χ2v) is 4.12. The highest BCUT2D eigenvalue weighted by atomic mass is 19.4. The van der Waals surface area contributed by atoms with Gasteiger partial charge in [0.15, 0.2) is 6.61 Å². The largest absolute Gasteiger partial charge is 0.468 e. The van der Waals surface area contributed by atoms with Crippen molar-refractivity contribution in [1.29, 1.82) is 0 Å². The van der Waals surface area contributed by atoms with E-state index in [-0.39, 0.29) is 5.88 Å². The fourth-order valence-corrected chi connectivity index (χ4v) is 1.72. The quantitative estimate of drug-likeness (QED) is 0.867. The monoisotopic (exact) mass is 261 g/mol. The van der Waals surface area contributed by atoms with Crippen LogP contribution in [0.3, 0.4) is 0 Å². The summed E-state index contributed by atoms with van der Waals surface area (Å²) in [6.07, 6.45) is -1.84. The van der Waals surface area contributed by atoms with E-state index >= 15 is 0 Å². The normalized spacial score (nSPS) is 19.8. The van der Waals surface area contributed by atoms with Crippen molar-refractivity contribution in [2.24, 2.45) is 0 Å². The Labute approximate surface area is 103 Å². The van der Waals surface area contributed by atoms with E-state index in [1.54, 1.807) is 6.07 Å². The molecule has 2 N–H and O–H groups in total. The fourth-order valence-electron chi connectivity index (χ4n) is 1.72. The summed E-state index contributed by atoms with van der Waals surface area (Å²) in [6, 6.07) is 3.43. The third-order valence-corrected chi connectivity index (χ3v) is 2.55. The van der Waals surface area contributed by atoms with Gasteiger partial charge in [-0.25, -0.2) is 4.98 Å². The Morgan fingerprint density at radius 1 is 1.44 bits per heavy atom. The van der Waals surface area contributed by atoms with Crippen molar-refractivity contribution in [3.63, 3.8) is 0 Å². The Balaban J connectivity index is 1.85. The van der Waals surface area contributed by atoms with Gasteiger partial charge in [0, 0.05) is 18.7 Å². The molecule has 0 bridgehead atoms. The lowest BCUT2D eigenvalue weighted by Crippen LogP contribution is -2.22. The fraction of sp³-hybridized carbons (Fsp3) is 0.545. The first kappa shape index (κ1) is 12.9. The molecule has 1 aromatic rings. The molecule has 0 saturated carbocycles. The Morgan fingerprint density at radius 2 is 2.28 bits per heavy atom. The van der Waals surface area contributed by atoms with Crippen LogP contribution in [0.1, 0.15) is 6.42 Å². The zero-order valence-corrected chi connectivity index (χ0v) is 9.63. The maximum absolute atomic E-state index is 11.9. The van der Waals surface area contributed by atoms with Gasteiger partial charge in [-0.15, -0.1) is 0 Å². The number of hydrogen-bond acceptors (Lipinski definition) is 4. The molecule has 1 atom stereocenters. The number of nitrogens with zero attached hydrogens (tertiary/aromatic N) is 1. The van der Waals surface area contributed by atoms with E-state index in [1.807, 2.05) is 0 Å². The zero-order chi connectivity index (χ0) is 13.0. The van der Waals surface area contributed by atoms with E-state index in [2.05, 4.69) is 20.4 Å². The molecule has 4 nitrogen and oxygen atoms in total. The van der Waals surface area contributed by atoms with Crippen LogP contribution < -0.4 is 15.4 Å². The smallest absolute Gasteiger partial charge is 0.422 e. The number of alkyl halides is 3. The zero-order valence-electron chi connectivity index (χ0n) is 9.63. The molecule has 2 rings (SSSR count). The maximum atomic E-state index is 11.9. The van der Waals surface area contributed by atoms with Crippen LogP contribution in [0.4, 0.5) is 18.9 Å². The second kappa shape index (κ2) is 5.43. The van der Waals surface area contributed by atoms with Gasteiger partial charge in [-0.1, -0.05) is 0 Å². The van der Waals surface area contributed by atoms with Crippen LogP contribution in [-0.2, 0) is 0 Å². The maximum Gasteiger partial charge on any atom is 0.422 e. The van der Waals surface area contributed by atoms with Crippen molar-refractivity contribution >= 4 is 5.69 Å². The van der Waals surface area contributed by atoms with Crippen LogP contribution in [-0.4, -0.2) is 36.9 Å². The van der Waals surface area contributed by atoms with Gasteiger partial charge in [-0.3, -0.25) is 0 Å². The Hall–Kier alpha value is -1.50. The number of hydrogen-bond donors (Lipinski definition) is 2. The van der Waals surface area contributed by atoms with E-state index < -0.39 is 12.8 Å². The van der Waals surface area contributed by atoms with Gasteiger partial charge >= 0.3 is 6.18 Å². The number of anilines is 1. The first-order valence-electron chi connectivity index (χ1n) is 5.66. The van der Waals surface area contributed by atoms with Crippen LogP contribution in [0, 0.1) is 0 Å². The Kier molecular flexibility index (Phi) is 3.90. The number of aromatic nitrogens is 1. The molecular weight excluding hydrogens is 247 g/mol. The van der Waals surface area contributed by atoms with Crippen molar-refractivity contribution in [3.8, 4) is 5.88 Å². The van der Waals surface area contributed by atoms with Crippen molar-refractivity contribution in [2.75, 3.05) is 25.0 Å². The highest BCUT2D eigenvalue weighted by molar-refractivity contribution is 5.43. The van der Waals surface area contributed by atoms with Gasteiger partial charge in [0.2, 0.25) is 5.88 Å². The summed E-state index contributed by atoms with van der Waals surface area (Å²) < 4.78 is 40.3. The minimum absolute atomic E-state index is 0.0255. The van der Waals surface area contributed by atoms with Crippen molar-refractivity contribution in [3.05, 3.63) is 18.3 Å². The van der Waals surface area contributed by atoms with Crippen molar-refractivity contribution in [2.45, 2.75) is 18.6 Å². The van der Waals surface area contributed by atoms with Crippen molar-refractivity contribution in [1.82, 2.24) is 10.3 Å². The summed E-state index contributed by atoms with van der Waals surface area (Å²) in [5.74, 6) is -0.0255. The number of nitrogens with one attached hydrogen (secondary N) is 2. The van der Waals surface area contributed by atoms with E-state index in [0.717, 1.165) is 25.2 Å². The second-order valence-electron chi connectivity index (χ2n) is 4.12. The molecule has 18 heavy (non-hydrogen) atoms. The van der Waals surface area contributed by atoms with Crippen molar-refractivity contribution < 1.29 is 17.9 Å². The highest BCUT2D eigenvalue weighted by Gasteiger charge is 2.28. The standard InChI is InChI=1S/C11H14F3N3O/c12-11(13,14)7-18-10-2-1-8(6-16-10)17-9-3-4-15-5-9/h1-2,6,9,15,17H,3-5,7H2. The third kappa shape index (κ3) is 4.06. The summed E-state index contributed by atoms with van der Waals surface area (Å²) in [7, 11) is 0. The molecule has 1 aliphatic heterocycles. The number of rotatable bonds is 4. The lowest BCUT2D eigenvalue weighted by Gasteiger charge is -2.13. The van der Waals surface area contributed by atoms with Crippen LogP contribution in [0.5, 0.6) is 5.88 Å². The predicted molar refractivity (Wildman–Crippen MR) is 60.7 cm³/mol.